The molecule has 1 aliphatic rings. The van der Waals surface area contributed by atoms with Crippen LogP contribution in [0.2, 0.25) is 0 Å². The molecule has 0 aromatic heterocycles. The van der Waals surface area contributed by atoms with Crippen molar-refractivity contribution in [1.82, 2.24) is 0 Å². The first-order valence-corrected chi connectivity index (χ1v) is 8.25. The molecule has 5 nitrogen and oxygen atoms in total. The minimum atomic E-state index is -0.475. The van der Waals surface area contributed by atoms with Gasteiger partial charge in [-0.25, -0.2) is 4.39 Å². The fourth-order valence-corrected chi connectivity index (χ4v) is 2.34. The molecule has 3 rings (SSSR count). The number of carbonyl (C=O) groups excluding carboxylic acids is 2. The molecule has 2 aromatic rings. The second-order valence-electron chi connectivity index (χ2n) is 6.20. The van der Waals surface area contributed by atoms with E-state index in [1.54, 1.807) is 19.1 Å². The first kappa shape index (κ1) is 17.0. The fourth-order valence-electron chi connectivity index (χ4n) is 2.34. The van der Waals surface area contributed by atoms with Gasteiger partial charge in [0.05, 0.1) is 0 Å². The van der Waals surface area contributed by atoms with Gasteiger partial charge in [-0.1, -0.05) is 0 Å². The maximum Gasteiger partial charge on any atom is 0.246 e. The van der Waals surface area contributed by atoms with Crippen LogP contribution in [0.25, 0.3) is 0 Å². The maximum atomic E-state index is 12.9. The summed E-state index contributed by atoms with van der Waals surface area (Å²) in [5.74, 6) is -0.350. The number of halogens is 1. The molecule has 0 radical (unpaired) electrons. The average Bonchev–Trinajstić information content (AvgIpc) is 3.43. The summed E-state index contributed by atoms with van der Waals surface area (Å²) in [6, 6.07) is 12.4. The van der Waals surface area contributed by atoms with Crippen molar-refractivity contribution in [2.45, 2.75) is 25.8 Å². The molecule has 2 amide bonds. The molecule has 0 aliphatic heterocycles. The largest absolute Gasteiger partial charge is 0.374 e. The predicted octanol–water partition coefficient (Wildman–Crippen LogP) is 3.61. The fraction of sp³-hybridized carbons (Fsp3) is 0.263. The third-order valence-electron chi connectivity index (χ3n) is 3.99. The van der Waals surface area contributed by atoms with Gasteiger partial charge in [-0.3, -0.25) is 9.59 Å². The highest BCUT2D eigenvalue weighted by Crippen LogP contribution is 2.30. The van der Waals surface area contributed by atoms with E-state index in [2.05, 4.69) is 16.0 Å². The summed E-state index contributed by atoms with van der Waals surface area (Å²) in [5, 5.41) is 8.68. The molecule has 1 atom stereocenters. The van der Waals surface area contributed by atoms with E-state index in [0.29, 0.717) is 5.69 Å². The van der Waals surface area contributed by atoms with Crippen LogP contribution in [0.4, 0.5) is 21.5 Å². The number of hydrogen-bond acceptors (Lipinski definition) is 3. The monoisotopic (exact) mass is 341 g/mol. The lowest BCUT2D eigenvalue weighted by atomic mass is 10.2. The standard InChI is InChI=1S/C19H20FN3O2/c1-12(18(24)22-16-6-4-14(20)5-7-16)21-15-8-10-17(11-9-15)23-19(25)13-2-3-13/h4-13,21H,2-3H2,1H3,(H,22,24)(H,23,25). The molecule has 0 saturated heterocycles. The summed E-state index contributed by atoms with van der Waals surface area (Å²) >= 11 is 0. The first-order valence-electron chi connectivity index (χ1n) is 8.25. The van der Waals surface area contributed by atoms with Crippen LogP contribution < -0.4 is 16.0 Å². The van der Waals surface area contributed by atoms with Crippen molar-refractivity contribution in [3.63, 3.8) is 0 Å². The highest BCUT2D eigenvalue weighted by molar-refractivity contribution is 5.96. The third kappa shape index (κ3) is 4.79. The third-order valence-corrected chi connectivity index (χ3v) is 3.99. The summed E-state index contributed by atoms with van der Waals surface area (Å²) in [4.78, 5) is 23.9. The molecule has 1 saturated carbocycles. The van der Waals surface area contributed by atoms with E-state index < -0.39 is 6.04 Å². The quantitative estimate of drug-likeness (QED) is 0.752. The van der Waals surface area contributed by atoms with Crippen LogP contribution in [-0.2, 0) is 9.59 Å². The molecule has 3 N–H and O–H groups in total. The molecule has 1 unspecified atom stereocenters. The van der Waals surface area contributed by atoms with E-state index in [1.165, 1.54) is 24.3 Å². The summed E-state index contributed by atoms with van der Waals surface area (Å²) in [6.45, 7) is 1.74. The Labute approximate surface area is 145 Å². The number of hydrogen-bond donors (Lipinski definition) is 3. The Morgan fingerprint density at radius 1 is 0.920 bits per heavy atom. The van der Waals surface area contributed by atoms with Gasteiger partial charge >= 0.3 is 0 Å². The van der Waals surface area contributed by atoms with Crippen molar-refractivity contribution in [3.05, 3.63) is 54.3 Å². The molecular formula is C19H20FN3O2. The van der Waals surface area contributed by atoms with Gasteiger partial charge in [0.2, 0.25) is 11.8 Å². The highest BCUT2D eigenvalue weighted by Gasteiger charge is 2.29. The minimum Gasteiger partial charge on any atom is -0.374 e. The Kier molecular flexibility index (Phi) is 4.97. The van der Waals surface area contributed by atoms with Gasteiger partial charge in [-0.05, 0) is 68.3 Å². The normalized spacial score (nSPS) is 14.5. The van der Waals surface area contributed by atoms with Crippen LogP contribution in [0.3, 0.4) is 0 Å². The van der Waals surface area contributed by atoms with Gasteiger partial charge < -0.3 is 16.0 Å². The summed E-state index contributed by atoms with van der Waals surface area (Å²) in [7, 11) is 0. The number of amides is 2. The zero-order valence-electron chi connectivity index (χ0n) is 13.9. The number of rotatable bonds is 6. The second kappa shape index (κ2) is 7.34. The molecule has 130 valence electrons. The highest BCUT2D eigenvalue weighted by atomic mass is 19.1. The Balaban J connectivity index is 1.52. The van der Waals surface area contributed by atoms with Crippen molar-refractivity contribution in [3.8, 4) is 0 Å². The van der Waals surface area contributed by atoms with Crippen LogP contribution in [-0.4, -0.2) is 17.9 Å². The van der Waals surface area contributed by atoms with Crippen molar-refractivity contribution in [1.29, 1.82) is 0 Å². The molecule has 0 spiro atoms. The van der Waals surface area contributed by atoms with Gasteiger partial charge in [0.15, 0.2) is 0 Å². The second-order valence-corrected chi connectivity index (χ2v) is 6.20. The summed E-state index contributed by atoms with van der Waals surface area (Å²) < 4.78 is 12.9. The number of carbonyl (C=O) groups is 2. The van der Waals surface area contributed by atoms with Crippen molar-refractivity contribution in [2.75, 3.05) is 16.0 Å². The Hall–Kier alpha value is -2.89. The van der Waals surface area contributed by atoms with Gasteiger partial charge in [0.25, 0.3) is 0 Å². The van der Waals surface area contributed by atoms with Crippen LogP contribution in [0.1, 0.15) is 19.8 Å². The summed E-state index contributed by atoms with van der Waals surface area (Å²) in [5.41, 5.74) is 2.05. The molecule has 0 heterocycles. The SMILES string of the molecule is CC(Nc1ccc(NC(=O)C2CC2)cc1)C(=O)Nc1ccc(F)cc1. The molecule has 0 bridgehead atoms. The van der Waals surface area contributed by atoms with E-state index in [0.717, 1.165) is 24.2 Å². The lowest BCUT2D eigenvalue weighted by Gasteiger charge is -2.16. The topological polar surface area (TPSA) is 70.2 Å². The lowest BCUT2D eigenvalue weighted by molar-refractivity contribution is -0.117. The molecule has 25 heavy (non-hydrogen) atoms. The van der Waals surface area contributed by atoms with Gasteiger partial charge in [0.1, 0.15) is 11.9 Å². The van der Waals surface area contributed by atoms with Crippen LogP contribution in [0.15, 0.2) is 48.5 Å². The molecule has 2 aromatic carbocycles. The lowest BCUT2D eigenvalue weighted by Crippen LogP contribution is -2.31. The smallest absolute Gasteiger partial charge is 0.246 e. The van der Waals surface area contributed by atoms with E-state index >= 15 is 0 Å². The molecule has 6 heteroatoms. The van der Waals surface area contributed by atoms with Crippen molar-refractivity contribution >= 4 is 28.9 Å². The number of anilines is 3. The molecule has 1 aliphatic carbocycles. The maximum absolute atomic E-state index is 12.9. The molecule has 1 fully saturated rings. The van der Waals surface area contributed by atoms with E-state index in [-0.39, 0.29) is 23.5 Å². The number of nitrogens with one attached hydrogen (secondary N) is 3. The first-order chi connectivity index (χ1) is 12.0. The minimum absolute atomic E-state index is 0.0627. The van der Waals surface area contributed by atoms with Gasteiger partial charge in [-0.15, -0.1) is 0 Å². The van der Waals surface area contributed by atoms with Crippen LogP contribution in [0.5, 0.6) is 0 Å². The predicted molar refractivity (Wildman–Crippen MR) is 95.9 cm³/mol. The van der Waals surface area contributed by atoms with Gasteiger partial charge in [0, 0.05) is 23.0 Å². The average molecular weight is 341 g/mol. The Morgan fingerprint density at radius 3 is 2.04 bits per heavy atom. The van der Waals surface area contributed by atoms with Crippen LogP contribution in [0, 0.1) is 11.7 Å². The molecular weight excluding hydrogens is 321 g/mol. The number of benzene rings is 2. The summed E-state index contributed by atoms with van der Waals surface area (Å²) in [6.07, 6.45) is 1.93. The zero-order chi connectivity index (χ0) is 17.8. The Bertz CT molecular complexity index is 755. The van der Waals surface area contributed by atoms with E-state index in [4.69, 9.17) is 0 Å². The van der Waals surface area contributed by atoms with Crippen molar-refractivity contribution < 1.29 is 14.0 Å². The van der Waals surface area contributed by atoms with Gasteiger partial charge in [-0.2, -0.15) is 0 Å². The van der Waals surface area contributed by atoms with Crippen molar-refractivity contribution in [2.24, 2.45) is 5.92 Å². The van der Waals surface area contributed by atoms with E-state index in [1.807, 2.05) is 12.1 Å². The van der Waals surface area contributed by atoms with Crippen LogP contribution >= 0.6 is 0 Å². The zero-order valence-corrected chi connectivity index (χ0v) is 13.9. The van der Waals surface area contributed by atoms with E-state index in [9.17, 15) is 14.0 Å². The Morgan fingerprint density at radius 2 is 1.44 bits per heavy atom.